The summed E-state index contributed by atoms with van der Waals surface area (Å²) in [7, 11) is 1.56. The van der Waals surface area contributed by atoms with Crippen LogP contribution < -0.4 is 26.4 Å². The number of aromatic amines is 1. The molecule has 1 saturated heterocycles. The largest absolute Gasteiger partial charge is 0.497 e. The molecule has 11 nitrogen and oxygen atoms in total. The Morgan fingerprint density at radius 2 is 1.85 bits per heavy atom. The Hall–Kier alpha value is -4.54. The first-order valence-corrected chi connectivity index (χ1v) is 13.0. The molecule has 2 heterocycles. The van der Waals surface area contributed by atoms with E-state index in [-0.39, 0.29) is 31.2 Å². The van der Waals surface area contributed by atoms with Gasteiger partial charge >= 0.3 is 6.03 Å². The van der Waals surface area contributed by atoms with Crippen LogP contribution in [0.15, 0.2) is 54.7 Å². The van der Waals surface area contributed by atoms with Crippen molar-refractivity contribution in [2.24, 2.45) is 11.7 Å². The normalized spacial score (nSPS) is 19.4. The average Bonchev–Trinajstić information content (AvgIpc) is 3.58. The molecule has 2 fully saturated rings. The number of nitrogens with one attached hydrogen (secondary N) is 4. The fourth-order valence-electron chi connectivity index (χ4n) is 5.04. The van der Waals surface area contributed by atoms with Gasteiger partial charge in [0.1, 0.15) is 17.8 Å². The number of amides is 5. The fraction of sp³-hybridized carbons (Fsp3) is 0.357. The number of anilines is 1. The number of H-pyrrole nitrogens is 1. The number of nitrogens with two attached hydrogens (primary N) is 1. The van der Waals surface area contributed by atoms with E-state index in [1.165, 1.54) is 4.90 Å². The smallest absolute Gasteiger partial charge is 0.319 e. The Kier molecular flexibility index (Phi) is 7.40. The van der Waals surface area contributed by atoms with Gasteiger partial charge in [0.05, 0.1) is 13.2 Å². The van der Waals surface area contributed by atoms with Crippen LogP contribution in [0.1, 0.15) is 24.8 Å². The molecule has 1 saturated carbocycles. The predicted molar refractivity (Wildman–Crippen MR) is 145 cm³/mol. The van der Waals surface area contributed by atoms with Crippen molar-refractivity contribution < 1.29 is 23.9 Å². The number of likely N-dealkylation sites (tertiary alicyclic amines) is 1. The Bertz CT molecular complexity index is 1380. The van der Waals surface area contributed by atoms with Crippen molar-refractivity contribution in [2.75, 3.05) is 19.0 Å². The minimum Gasteiger partial charge on any atom is -0.497 e. The number of ether oxygens (including phenoxy) is 1. The molecular weight excluding hydrogens is 500 g/mol. The number of primary amides is 1. The summed E-state index contributed by atoms with van der Waals surface area (Å²) in [5.74, 6) is -0.681. The van der Waals surface area contributed by atoms with Crippen molar-refractivity contribution >= 4 is 40.3 Å². The van der Waals surface area contributed by atoms with Crippen molar-refractivity contribution in [3.63, 3.8) is 0 Å². The van der Waals surface area contributed by atoms with Gasteiger partial charge in [-0.05, 0) is 55.2 Å². The number of para-hydroxylation sites is 1. The number of rotatable bonds is 9. The molecule has 39 heavy (non-hydrogen) atoms. The second kappa shape index (κ2) is 11.1. The molecule has 5 rings (SSSR count). The number of carbonyl (C=O) groups excluding carboxylic acids is 4. The third kappa shape index (κ3) is 5.97. The van der Waals surface area contributed by atoms with E-state index < -0.39 is 36.0 Å². The molecule has 1 aliphatic carbocycles. The highest BCUT2D eigenvalue weighted by Crippen LogP contribution is 2.34. The van der Waals surface area contributed by atoms with Crippen LogP contribution in [0.5, 0.6) is 5.75 Å². The van der Waals surface area contributed by atoms with Crippen molar-refractivity contribution in [1.82, 2.24) is 20.5 Å². The molecule has 0 radical (unpaired) electrons. The summed E-state index contributed by atoms with van der Waals surface area (Å²) in [6.45, 7) is 0.202. The third-order valence-electron chi connectivity index (χ3n) is 7.26. The lowest BCUT2D eigenvalue weighted by molar-refractivity contribution is -0.140. The van der Waals surface area contributed by atoms with Gasteiger partial charge in [0.25, 0.3) is 0 Å². The molecule has 204 valence electrons. The standard InChI is InChI=1S/C28H32N6O5/c1-39-20-10-8-18(9-11-20)31-28(38)32-19-13-24(34(15-19)27(37)16-6-7-16)26(36)33-23(25(29)35)12-17-14-30-22-5-3-2-4-21(17)22/h2-5,8-11,14,16,19,23-24,30H,6-7,12-13,15H2,1H3,(H2,29,35)(H,33,36)(H2,31,32,38). The Morgan fingerprint density at radius 3 is 2.54 bits per heavy atom. The van der Waals surface area contributed by atoms with Crippen LogP contribution in [0, 0.1) is 5.92 Å². The zero-order valence-electron chi connectivity index (χ0n) is 21.6. The summed E-state index contributed by atoms with van der Waals surface area (Å²) in [6, 6.07) is 11.9. The molecule has 3 aromatic rings. The van der Waals surface area contributed by atoms with Gasteiger partial charge in [0, 0.05) is 41.7 Å². The summed E-state index contributed by atoms with van der Waals surface area (Å²) in [4.78, 5) is 56.1. The number of hydrogen-bond acceptors (Lipinski definition) is 5. The molecule has 11 heteroatoms. The van der Waals surface area contributed by atoms with E-state index in [9.17, 15) is 19.2 Å². The summed E-state index contributed by atoms with van der Waals surface area (Å²) in [5, 5.41) is 9.33. The second-order valence-corrected chi connectivity index (χ2v) is 10.1. The first-order chi connectivity index (χ1) is 18.8. The molecule has 0 bridgehead atoms. The SMILES string of the molecule is COc1ccc(NC(=O)NC2CC(C(=O)NC(Cc3c[nH]c4ccccc34)C(N)=O)N(C(=O)C3CC3)C2)cc1. The quantitative estimate of drug-likeness (QED) is 0.284. The van der Waals surface area contributed by atoms with Crippen LogP contribution >= 0.6 is 0 Å². The Balaban J connectivity index is 1.25. The van der Waals surface area contributed by atoms with Crippen molar-refractivity contribution in [2.45, 2.75) is 43.8 Å². The van der Waals surface area contributed by atoms with Crippen molar-refractivity contribution in [3.8, 4) is 5.75 Å². The molecule has 3 atom stereocenters. The lowest BCUT2D eigenvalue weighted by Gasteiger charge is -2.25. The van der Waals surface area contributed by atoms with Crippen molar-refractivity contribution in [1.29, 1.82) is 0 Å². The first-order valence-electron chi connectivity index (χ1n) is 13.0. The van der Waals surface area contributed by atoms with Crippen LogP contribution in [0.3, 0.4) is 0 Å². The number of benzene rings is 2. The minimum absolute atomic E-state index is 0.106. The second-order valence-electron chi connectivity index (χ2n) is 10.1. The van der Waals surface area contributed by atoms with Crippen LogP contribution in [0.4, 0.5) is 10.5 Å². The lowest BCUT2D eigenvalue weighted by atomic mass is 10.0. The molecule has 2 aliphatic rings. The van der Waals surface area contributed by atoms with Crippen LogP contribution in [-0.4, -0.2) is 65.4 Å². The zero-order valence-corrected chi connectivity index (χ0v) is 21.6. The van der Waals surface area contributed by atoms with Gasteiger partial charge in [-0.2, -0.15) is 0 Å². The van der Waals surface area contributed by atoms with E-state index in [2.05, 4.69) is 20.9 Å². The maximum Gasteiger partial charge on any atom is 0.319 e. The zero-order chi connectivity index (χ0) is 27.5. The maximum atomic E-state index is 13.4. The van der Waals surface area contributed by atoms with E-state index in [1.54, 1.807) is 37.6 Å². The monoisotopic (exact) mass is 532 g/mol. The molecule has 6 N–H and O–H groups in total. The van der Waals surface area contributed by atoms with E-state index >= 15 is 0 Å². The molecule has 2 aromatic carbocycles. The van der Waals surface area contributed by atoms with Gasteiger partial charge in [-0.25, -0.2) is 4.79 Å². The third-order valence-corrected chi connectivity index (χ3v) is 7.26. The topological polar surface area (TPSA) is 159 Å². The number of methoxy groups -OCH3 is 1. The van der Waals surface area contributed by atoms with Gasteiger partial charge in [0.15, 0.2) is 0 Å². The van der Waals surface area contributed by atoms with Gasteiger partial charge in [0.2, 0.25) is 17.7 Å². The highest BCUT2D eigenvalue weighted by molar-refractivity contribution is 5.94. The summed E-state index contributed by atoms with van der Waals surface area (Å²) in [5.41, 5.74) is 8.01. The average molecular weight is 533 g/mol. The van der Waals surface area contributed by atoms with Gasteiger partial charge < -0.3 is 36.3 Å². The molecule has 0 spiro atoms. The van der Waals surface area contributed by atoms with Crippen molar-refractivity contribution in [3.05, 3.63) is 60.3 Å². The number of hydrogen-bond donors (Lipinski definition) is 5. The Labute approximate surface area is 225 Å². The molecular formula is C28H32N6O5. The highest BCUT2D eigenvalue weighted by atomic mass is 16.5. The summed E-state index contributed by atoms with van der Waals surface area (Å²) in [6.07, 6.45) is 3.79. The minimum atomic E-state index is -0.958. The van der Waals surface area contributed by atoms with Crippen LogP contribution in [0.25, 0.3) is 10.9 Å². The number of urea groups is 1. The molecule has 1 aliphatic heterocycles. The lowest BCUT2D eigenvalue weighted by Crippen LogP contribution is -2.53. The maximum absolute atomic E-state index is 13.4. The number of nitrogens with zero attached hydrogens (tertiary/aromatic N) is 1. The van der Waals surface area contributed by atoms with E-state index in [1.807, 2.05) is 24.3 Å². The van der Waals surface area contributed by atoms with E-state index in [4.69, 9.17) is 10.5 Å². The molecule has 5 amide bonds. The first kappa shape index (κ1) is 26.1. The van der Waals surface area contributed by atoms with Gasteiger partial charge in [-0.15, -0.1) is 0 Å². The van der Waals surface area contributed by atoms with E-state index in [0.717, 1.165) is 29.3 Å². The highest BCUT2D eigenvalue weighted by Gasteiger charge is 2.45. The molecule has 1 aromatic heterocycles. The fourth-order valence-corrected chi connectivity index (χ4v) is 5.04. The number of fused-ring (bicyclic) bond motifs is 1. The Morgan fingerprint density at radius 1 is 1.10 bits per heavy atom. The summed E-state index contributed by atoms with van der Waals surface area (Å²) < 4.78 is 5.13. The number of carbonyl (C=O) groups is 4. The molecule has 3 unspecified atom stereocenters. The van der Waals surface area contributed by atoms with Gasteiger partial charge in [-0.3, -0.25) is 14.4 Å². The summed E-state index contributed by atoms with van der Waals surface area (Å²) >= 11 is 0. The van der Waals surface area contributed by atoms with Gasteiger partial charge in [-0.1, -0.05) is 18.2 Å². The predicted octanol–water partition coefficient (Wildman–Crippen LogP) is 1.89. The van der Waals surface area contributed by atoms with Crippen LogP contribution in [0.2, 0.25) is 0 Å². The number of aromatic nitrogens is 1. The van der Waals surface area contributed by atoms with E-state index in [0.29, 0.717) is 11.4 Å². The van der Waals surface area contributed by atoms with Crippen LogP contribution in [-0.2, 0) is 20.8 Å².